The van der Waals surface area contributed by atoms with E-state index in [-0.39, 0.29) is 12.5 Å². The molecular formula is C11H12ClNO4. The maximum absolute atomic E-state index is 11.2. The van der Waals surface area contributed by atoms with Crippen molar-refractivity contribution in [3.05, 3.63) is 24.3 Å². The molecule has 6 heteroatoms. The summed E-state index contributed by atoms with van der Waals surface area (Å²) in [5, 5.41) is 2.50. The Hall–Kier alpha value is -1.75. The average molecular weight is 258 g/mol. The van der Waals surface area contributed by atoms with Crippen LogP contribution in [0.4, 0.5) is 10.5 Å². The van der Waals surface area contributed by atoms with Gasteiger partial charge in [0.25, 0.3) is 0 Å². The highest BCUT2D eigenvalue weighted by atomic mass is 35.5. The molecule has 5 nitrogen and oxygen atoms in total. The predicted octanol–water partition coefficient (Wildman–Crippen LogP) is 2.40. The van der Waals surface area contributed by atoms with Crippen molar-refractivity contribution in [3.63, 3.8) is 0 Å². The molecule has 1 aromatic rings. The molecule has 92 valence electrons. The molecule has 1 amide bonds. The molecule has 0 spiro atoms. The first-order valence-corrected chi connectivity index (χ1v) is 5.43. The zero-order chi connectivity index (χ0) is 12.7. The lowest BCUT2D eigenvalue weighted by Gasteiger charge is -2.06. The van der Waals surface area contributed by atoms with Crippen molar-refractivity contribution in [3.8, 4) is 5.75 Å². The normalized spacial score (nSPS) is 9.53. The van der Waals surface area contributed by atoms with E-state index in [1.807, 2.05) is 0 Å². The first kappa shape index (κ1) is 13.3. The second-order valence-electron chi connectivity index (χ2n) is 3.07. The Labute approximate surface area is 104 Å². The van der Waals surface area contributed by atoms with Crippen molar-refractivity contribution in [1.82, 2.24) is 0 Å². The van der Waals surface area contributed by atoms with Crippen molar-refractivity contribution in [1.29, 1.82) is 0 Å². The molecule has 0 saturated carbocycles. The minimum Gasteiger partial charge on any atom is -0.448 e. The van der Waals surface area contributed by atoms with E-state index >= 15 is 0 Å². The molecule has 17 heavy (non-hydrogen) atoms. The molecule has 0 aliphatic rings. The van der Waals surface area contributed by atoms with E-state index in [0.717, 1.165) is 0 Å². The summed E-state index contributed by atoms with van der Waals surface area (Å²) in [6, 6.07) is 6.33. The lowest BCUT2D eigenvalue weighted by atomic mass is 10.3. The fraction of sp³-hybridized carbons (Fsp3) is 0.273. The molecule has 0 aromatic heterocycles. The Morgan fingerprint density at radius 1 is 1.29 bits per heavy atom. The summed E-state index contributed by atoms with van der Waals surface area (Å²) in [6.45, 7) is 1.47. The van der Waals surface area contributed by atoms with Gasteiger partial charge in [-0.15, -0.1) is 11.6 Å². The number of ether oxygens (including phenoxy) is 2. The fourth-order valence-corrected chi connectivity index (χ4v) is 1.13. The summed E-state index contributed by atoms with van der Waals surface area (Å²) in [5.74, 6) is 0.267. The Kier molecular flexibility index (Phi) is 5.29. The van der Waals surface area contributed by atoms with Crippen LogP contribution in [-0.4, -0.2) is 24.5 Å². The summed E-state index contributed by atoms with van der Waals surface area (Å²) in [5.41, 5.74) is 0.542. The number of halogens is 1. The minimum atomic E-state index is -0.578. The Morgan fingerprint density at radius 2 is 1.94 bits per heavy atom. The van der Waals surface area contributed by atoms with E-state index in [4.69, 9.17) is 21.1 Å². The maximum Gasteiger partial charge on any atom is 0.411 e. The molecule has 0 unspecified atom stereocenters. The van der Waals surface area contributed by atoms with Crippen LogP contribution in [0.1, 0.15) is 6.92 Å². The number of amides is 1. The molecular weight excluding hydrogens is 246 g/mol. The second kappa shape index (κ2) is 6.75. The van der Waals surface area contributed by atoms with Crippen LogP contribution in [0.3, 0.4) is 0 Å². The zero-order valence-corrected chi connectivity index (χ0v) is 9.99. The second-order valence-corrected chi connectivity index (χ2v) is 3.45. The van der Waals surface area contributed by atoms with Crippen LogP contribution in [0.5, 0.6) is 5.75 Å². The highest BCUT2D eigenvalue weighted by Crippen LogP contribution is 2.15. The number of hydrogen-bond donors (Lipinski definition) is 1. The number of carbonyl (C=O) groups excluding carboxylic acids is 2. The Morgan fingerprint density at radius 3 is 2.47 bits per heavy atom. The van der Waals surface area contributed by atoms with Gasteiger partial charge in [0, 0.05) is 12.6 Å². The molecule has 1 rings (SSSR count). The first-order valence-electron chi connectivity index (χ1n) is 4.90. The molecule has 0 aliphatic carbocycles. The third kappa shape index (κ3) is 5.21. The topological polar surface area (TPSA) is 64.6 Å². The van der Waals surface area contributed by atoms with E-state index in [0.29, 0.717) is 11.4 Å². The van der Waals surface area contributed by atoms with Crippen LogP contribution in [0, 0.1) is 0 Å². The lowest BCUT2D eigenvalue weighted by molar-refractivity contribution is -0.131. The van der Waals surface area contributed by atoms with Crippen molar-refractivity contribution in [2.24, 2.45) is 0 Å². The first-order chi connectivity index (χ1) is 8.11. The summed E-state index contributed by atoms with van der Waals surface area (Å²) in [6.07, 6.45) is -0.578. The molecule has 1 N–H and O–H groups in total. The smallest absolute Gasteiger partial charge is 0.411 e. The van der Waals surface area contributed by atoms with Gasteiger partial charge in [0.1, 0.15) is 12.4 Å². The Bertz CT molecular complexity index is 391. The molecule has 0 aliphatic heterocycles. The van der Waals surface area contributed by atoms with Crippen molar-refractivity contribution in [2.75, 3.05) is 17.8 Å². The molecule has 1 aromatic carbocycles. The van der Waals surface area contributed by atoms with E-state index in [1.54, 1.807) is 24.3 Å². The monoisotopic (exact) mass is 257 g/mol. The Balaban J connectivity index is 2.50. The maximum atomic E-state index is 11.2. The summed E-state index contributed by atoms with van der Waals surface area (Å²) in [4.78, 5) is 21.8. The van der Waals surface area contributed by atoms with Gasteiger partial charge >= 0.3 is 12.1 Å². The largest absolute Gasteiger partial charge is 0.448 e. The van der Waals surface area contributed by atoms with Crippen LogP contribution in [0.15, 0.2) is 24.3 Å². The third-order valence-corrected chi connectivity index (χ3v) is 1.83. The number of hydrogen-bond acceptors (Lipinski definition) is 4. The molecule has 0 fully saturated rings. The van der Waals surface area contributed by atoms with Gasteiger partial charge in [-0.1, -0.05) is 0 Å². The molecule has 0 heterocycles. The number of carbonyl (C=O) groups is 2. The van der Waals surface area contributed by atoms with E-state index in [2.05, 4.69) is 5.32 Å². The van der Waals surface area contributed by atoms with Gasteiger partial charge in [-0.3, -0.25) is 10.1 Å². The number of nitrogens with one attached hydrogen (secondary N) is 1. The van der Waals surface area contributed by atoms with Crippen LogP contribution in [-0.2, 0) is 9.53 Å². The number of rotatable bonds is 4. The van der Waals surface area contributed by atoms with Crippen LogP contribution in [0.2, 0.25) is 0 Å². The van der Waals surface area contributed by atoms with E-state index < -0.39 is 12.1 Å². The quantitative estimate of drug-likeness (QED) is 0.511. The lowest BCUT2D eigenvalue weighted by Crippen LogP contribution is -2.14. The molecule has 0 radical (unpaired) electrons. The van der Waals surface area contributed by atoms with Crippen molar-refractivity contribution >= 4 is 29.4 Å². The van der Waals surface area contributed by atoms with Crippen LogP contribution in [0.25, 0.3) is 0 Å². The number of benzene rings is 1. The fourth-order valence-electron chi connectivity index (χ4n) is 1.06. The van der Waals surface area contributed by atoms with Crippen molar-refractivity contribution in [2.45, 2.75) is 6.92 Å². The number of alkyl halides is 1. The predicted molar refractivity (Wildman–Crippen MR) is 63.4 cm³/mol. The van der Waals surface area contributed by atoms with Gasteiger partial charge in [-0.05, 0) is 24.3 Å². The minimum absolute atomic E-state index is 0.152. The van der Waals surface area contributed by atoms with Crippen molar-refractivity contribution < 1.29 is 19.1 Å². The number of anilines is 1. The van der Waals surface area contributed by atoms with E-state index in [1.165, 1.54) is 6.92 Å². The summed E-state index contributed by atoms with van der Waals surface area (Å²) >= 11 is 5.36. The highest BCUT2D eigenvalue weighted by Gasteiger charge is 2.03. The molecule has 0 saturated heterocycles. The van der Waals surface area contributed by atoms with Gasteiger partial charge in [0.2, 0.25) is 0 Å². The number of esters is 1. The van der Waals surface area contributed by atoms with E-state index in [9.17, 15) is 9.59 Å². The van der Waals surface area contributed by atoms with Crippen LogP contribution < -0.4 is 10.1 Å². The van der Waals surface area contributed by atoms with Gasteiger partial charge in [-0.25, -0.2) is 4.79 Å². The van der Waals surface area contributed by atoms with Crippen LogP contribution >= 0.6 is 11.6 Å². The van der Waals surface area contributed by atoms with Gasteiger partial charge in [0.15, 0.2) is 0 Å². The SMILES string of the molecule is CC(=O)Oc1ccc(NC(=O)OCCCl)cc1. The summed E-state index contributed by atoms with van der Waals surface area (Å²) in [7, 11) is 0. The summed E-state index contributed by atoms with van der Waals surface area (Å²) < 4.78 is 9.56. The zero-order valence-electron chi connectivity index (χ0n) is 9.23. The molecule has 0 atom stereocenters. The van der Waals surface area contributed by atoms with Gasteiger partial charge in [-0.2, -0.15) is 0 Å². The standard InChI is InChI=1S/C11H12ClNO4/c1-8(14)17-10-4-2-9(3-5-10)13-11(15)16-7-6-12/h2-5H,6-7H2,1H3,(H,13,15). The molecule has 0 bridgehead atoms. The highest BCUT2D eigenvalue weighted by molar-refractivity contribution is 6.18. The van der Waals surface area contributed by atoms with Gasteiger partial charge in [0.05, 0.1) is 5.88 Å². The third-order valence-electron chi connectivity index (χ3n) is 1.67. The van der Waals surface area contributed by atoms with Gasteiger partial charge < -0.3 is 9.47 Å². The average Bonchev–Trinajstić information content (AvgIpc) is 2.28.